The van der Waals surface area contributed by atoms with Gasteiger partial charge in [-0.05, 0) is 55.5 Å². The van der Waals surface area contributed by atoms with E-state index in [1.165, 1.54) is 17.9 Å². The number of likely N-dealkylation sites (N-methyl/N-ethyl adjacent to an activating group) is 1. The van der Waals surface area contributed by atoms with Gasteiger partial charge in [-0.3, -0.25) is 19.7 Å². The molecule has 3 heterocycles. The normalized spacial score (nSPS) is 10.4. The molecule has 5 nitrogen and oxygen atoms in total. The van der Waals surface area contributed by atoms with Crippen molar-refractivity contribution in [3.05, 3.63) is 78.2 Å². The van der Waals surface area contributed by atoms with Gasteiger partial charge >= 0.3 is 0 Å². The van der Waals surface area contributed by atoms with Crippen molar-refractivity contribution < 1.29 is 4.79 Å². The van der Waals surface area contributed by atoms with Crippen LogP contribution in [0.3, 0.4) is 0 Å². The maximum Gasteiger partial charge on any atom is 0.175 e. The Hall–Kier alpha value is -3.34. The van der Waals surface area contributed by atoms with Crippen molar-refractivity contribution in [3.63, 3.8) is 0 Å². The number of allylic oxidation sites excluding steroid dienone is 3. The highest BCUT2D eigenvalue weighted by molar-refractivity contribution is 5.92. The van der Waals surface area contributed by atoms with Crippen molar-refractivity contribution in [3.8, 4) is 11.3 Å². The number of nitrogens with zero attached hydrogens (tertiary/aromatic N) is 4. The minimum Gasteiger partial charge on any atom is -0.375 e. The van der Waals surface area contributed by atoms with Crippen LogP contribution in [0.5, 0.6) is 0 Å². The van der Waals surface area contributed by atoms with Gasteiger partial charge in [0.1, 0.15) is 0 Å². The van der Waals surface area contributed by atoms with Gasteiger partial charge in [-0.1, -0.05) is 33.4 Å². The summed E-state index contributed by atoms with van der Waals surface area (Å²) in [5.41, 5.74) is 6.10. The summed E-state index contributed by atoms with van der Waals surface area (Å²) < 4.78 is 0. The molecule has 0 saturated carbocycles. The van der Waals surface area contributed by atoms with Crippen LogP contribution in [0.1, 0.15) is 44.6 Å². The quantitative estimate of drug-likeness (QED) is 0.360. The van der Waals surface area contributed by atoms with Crippen LogP contribution in [0.25, 0.3) is 22.0 Å². The highest BCUT2D eigenvalue weighted by atomic mass is 16.1. The van der Waals surface area contributed by atoms with E-state index in [1.807, 2.05) is 60.4 Å². The van der Waals surface area contributed by atoms with Crippen LogP contribution in [0.4, 0.5) is 0 Å². The van der Waals surface area contributed by atoms with Crippen LogP contribution in [-0.2, 0) is 11.2 Å². The van der Waals surface area contributed by atoms with Crippen LogP contribution >= 0.6 is 0 Å². The van der Waals surface area contributed by atoms with Gasteiger partial charge in [0, 0.05) is 61.9 Å². The molecular formula is C27H36N4O. The maximum atomic E-state index is 10.8. The Morgan fingerprint density at radius 1 is 1.16 bits per heavy atom. The topological polar surface area (TPSA) is 59.0 Å². The molecular weight excluding hydrogens is 396 g/mol. The molecule has 3 aromatic rings. The molecule has 0 aliphatic rings. The van der Waals surface area contributed by atoms with Gasteiger partial charge in [0.2, 0.25) is 0 Å². The molecule has 0 unspecified atom stereocenters. The standard InChI is InChI=1S/C17H17N3.C8H13NO.C2H6/c1-4-13-5-6-18-9-16(13)17-8-14-7-11(2)19-10-15(14)12(3)20-17;1-5-6-8(7(2)10)9(3)4;1-2/h5-10H,4H2,1-3H3;5-6H,1H2,2-4H3;1-2H3/b;8-6-;. The molecule has 0 aliphatic heterocycles. The summed E-state index contributed by atoms with van der Waals surface area (Å²) in [4.78, 5) is 25.9. The van der Waals surface area contributed by atoms with Crippen molar-refractivity contribution in [2.24, 2.45) is 0 Å². The lowest BCUT2D eigenvalue weighted by molar-refractivity contribution is -0.114. The first-order chi connectivity index (χ1) is 15.3. The van der Waals surface area contributed by atoms with Crippen molar-refractivity contribution >= 4 is 16.6 Å². The van der Waals surface area contributed by atoms with E-state index in [2.05, 4.69) is 41.7 Å². The second kappa shape index (κ2) is 13.2. The van der Waals surface area contributed by atoms with Crippen LogP contribution < -0.4 is 0 Å². The molecule has 0 saturated heterocycles. The monoisotopic (exact) mass is 432 g/mol. The molecule has 5 heteroatoms. The van der Waals surface area contributed by atoms with Gasteiger partial charge in [0.05, 0.1) is 11.4 Å². The number of aromatic nitrogens is 3. The minimum absolute atomic E-state index is 0.0601. The van der Waals surface area contributed by atoms with Crippen molar-refractivity contribution in [1.82, 2.24) is 19.9 Å². The maximum absolute atomic E-state index is 10.8. The predicted octanol–water partition coefficient (Wildman–Crippen LogP) is 6.10. The second-order valence-electron chi connectivity index (χ2n) is 7.26. The summed E-state index contributed by atoms with van der Waals surface area (Å²) >= 11 is 0. The number of Topliss-reactive ketones (excluding diaryl/α,β-unsaturated/α-hetero) is 1. The number of ketones is 1. The van der Waals surface area contributed by atoms with Crippen molar-refractivity contribution in [1.29, 1.82) is 0 Å². The third-order valence-corrected chi connectivity index (χ3v) is 4.73. The molecule has 0 fully saturated rings. The van der Waals surface area contributed by atoms with E-state index in [-0.39, 0.29) is 5.78 Å². The Kier molecular flexibility index (Phi) is 11.0. The minimum atomic E-state index is 0.0601. The van der Waals surface area contributed by atoms with Crippen LogP contribution in [0, 0.1) is 13.8 Å². The first-order valence-corrected chi connectivity index (χ1v) is 11.0. The highest BCUT2D eigenvalue weighted by Gasteiger charge is 2.09. The molecule has 3 rings (SSSR count). The third kappa shape index (κ3) is 7.12. The largest absolute Gasteiger partial charge is 0.375 e. The number of carbonyl (C=O) groups excluding carboxylic acids is 1. The summed E-state index contributed by atoms with van der Waals surface area (Å²) in [6, 6.07) is 6.30. The van der Waals surface area contributed by atoms with Gasteiger partial charge in [0.15, 0.2) is 5.78 Å². The van der Waals surface area contributed by atoms with Crippen LogP contribution in [0.2, 0.25) is 0 Å². The van der Waals surface area contributed by atoms with E-state index in [0.29, 0.717) is 5.70 Å². The summed E-state index contributed by atoms with van der Waals surface area (Å²) in [7, 11) is 3.66. The van der Waals surface area contributed by atoms with Gasteiger partial charge in [-0.2, -0.15) is 0 Å². The molecule has 3 aromatic heterocycles. The fourth-order valence-corrected chi connectivity index (χ4v) is 3.22. The molecule has 0 radical (unpaired) electrons. The molecule has 32 heavy (non-hydrogen) atoms. The molecule has 0 aromatic carbocycles. The summed E-state index contributed by atoms with van der Waals surface area (Å²) in [6.07, 6.45) is 9.93. The van der Waals surface area contributed by atoms with Gasteiger partial charge < -0.3 is 4.90 Å². The Bertz CT molecular complexity index is 1080. The fraction of sp³-hybridized carbons (Fsp3) is 0.333. The zero-order valence-corrected chi connectivity index (χ0v) is 20.7. The Morgan fingerprint density at radius 2 is 1.84 bits per heavy atom. The van der Waals surface area contributed by atoms with E-state index < -0.39 is 0 Å². The lowest BCUT2D eigenvalue weighted by Gasteiger charge is -2.12. The number of fused-ring (bicyclic) bond motifs is 1. The number of hydrogen-bond donors (Lipinski definition) is 0. The number of pyridine rings is 3. The van der Waals surface area contributed by atoms with E-state index >= 15 is 0 Å². The lowest BCUT2D eigenvalue weighted by Crippen LogP contribution is -2.16. The van der Waals surface area contributed by atoms with Crippen molar-refractivity contribution in [2.75, 3.05) is 14.1 Å². The third-order valence-electron chi connectivity index (χ3n) is 4.73. The molecule has 0 atom stereocenters. The summed E-state index contributed by atoms with van der Waals surface area (Å²) in [6.45, 7) is 15.2. The summed E-state index contributed by atoms with van der Waals surface area (Å²) in [5, 5.41) is 2.30. The first kappa shape index (κ1) is 26.7. The van der Waals surface area contributed by atoms with E-state index in [9.17, 15) is 4.79 Å². The average molecular weight is 433 g/mol. The summed E-state index contributed by atoms with van der Waals surface area (Å²) in [5.74, 6) is 0.0601. The lowest BCUT2D eigenvalue weighted by atomic mass is 10.0. The molecule has 0 aliphatic carbocycles. The number of carbonyl (C=O) groups is 1. The molecule has 170 valence electrons. The predicted molar refractivity (Wildman–Crippen MR) is 136 cm³/mol. The molecule has 0 N–H and O–H groups in total. The fourth-order valence-electron chi connectivity index (χ4n) is 3.22. The smallest absolute Gasteiger partial charge is 0.175 e. The van der Waals surface area contributed by atoms with Crippen LogP contribution in [-0.4, -0.2) is 39.7 Å². The molecule has 0 spiro atoms. The van der Waals surface area contributed by atoms with E-state index in [1.54, 1.807) is 17.1 Å². The number of aryl methyl sites for hydroxylation is 3. The van der Waals surface area contributed by atoms with Crippen LogP contribution in [0.15, 0.2) is 61.2 Å². The second-order valence-corrected chi connectivity index (χ2v) is 7.26. The zero-order valence-electron chi connectivity index (χ0n) is 20.7. The Morgan fingerprint density at radius 3 is 2.38 bits per heavy atom. The first-order valence-electron chi connectivity index (χ1n) is 11.0. The van der Waals surface area contributed by atoms with Gasteiger partial charge in [0.25, 0.3) is 0 Å². The highest BCUT2D eigenvalue weighted by Crippen LogP contribution is 2.26. The van der Waals surface area contributed by atoms with Gasteiger partial charge in [-0.15, -0.1) is 0 Å². The van der Waals surface area contributed by atoms with Gasteiger partial charge in [-0.25, -0.2) is 0 Å². The molecule has 0 bridgehead atoms. The number of rotatable bonds is 5. The number of hydrogen-bond acceptors (Lipinski definition) is 5. The average Bonchev–Trinajstić information content (AvgIpc) is 2.78. The zero-order chi connectivity index (χ0) is 24.3. The van der Waals surface area contributed by atoms with E-state index in [0.717, 1.165) is 34.5 Å². The SMILES string of the molecule is C=C/C=C(/C(C)=O)N(C)C.CC.CCc1ccncc1-c1cc2cc(C)ncc2c(C)n1. The Balaban J connectivity index is 0.000000364. The van der Waals surface area contributed by atoms with E-state index in [4.69, 9.17) is 4.98 Å². The van der Waals surface area contributed by atoms with Crippen molar-refractivity contribution in [2.45, 2.75) is 48.0 Å². The Labute approximate surface area is 192 Å². The molecule has 0 amide bonds.